The Morgan fingerprint density at radius 2 is 1.33 bits per heavy atom. The van der Waals surface area contributed by atoms with Crippen molar-refractivity contribution in [2.75, 3.05) is 0 Å². The van der Waals surface area contributed by atoms with Gasteiger partial charge in [0.1, 0.15) is 0 Å². The standard InChI is InChI=1S/Ca.H3O4Si.H/c;1-5(2,3)4;/h;1-3H;/q+2;2*-1. The van der Waals surface area contributed by atoms with Crippen molar-refractivity contribution in [3.8, 4) is 0 Å². The Balaban J connectivity index is -0.0000000800. The van der Waals surface area contributed by atoms with Crippen LogP contribution in [0.4, 0.5) is 0 Å². The molecule has 0 aromatic rings. The van der Waals surface area contributed by atoms with Crippen molar-refractivity contribution in [2.24, 2.45) is 0 Å². The average molecular weight is 136 g/mol. The topological polar surface area (TPSA) is 83.8 Å². The summed E-state index contributed by atoms with van der Waals surface area (Å²) in [6, 6.07) is 0. The fraction of sp³-hybridized carbons (Fsp3) is 0. The summed E-state index contributed by atoms with van der Waals surface area (Å²) >= 11 is 0. The van der Waals surface area contributed by atoms with E-state index >= 15 is 0 Å². The molecule has 0 unspecified atom stereocenters. The molecule has 0 rings (SSSR count). The molecule has 0 amide bonds. The number of hydrogen-bond donors (Lipinski definition) is 3. The average Bonchev–Trinajstić information content (AvgIpc) is 0.722. The molecule has 0 aliphatic carbocycles. The van der Waals surface area contributed by atoms with Crippen molar-refractivity contribution in [1.82, 2.24) is 0 Å². The predicted octanol–water partition coefficient (Wildman–Crippen LogP) is -3.51. The van der Waals surface area contributed by atoms with Gasteiger partial charge in [0.15, 0.2) is 0 Å². The first-order chi connectivity index (χ1) is 2.00. The molecule has 6 heteroatoms. The van der Waals surface area contributed by atoms with Crippen LogP contribution >= 0.6 is 0 Å². The third kappa shape index (κ3) is 57.1. The Kier molecular flexibility index (Phi) is 5.74. The van der Waals surface area contributed by atoms with E-state index in [4.69, 9.17) is 19.2 Å². The van der Waals surface area contributed by atoms with E-state index in [1.165, 1.54) is 0 Å². The fourth-order valence-electron chi connectivity index (χ4n) is 0. The van der Waals surface area contributed by atoms with Crippen LogP contribution in [0.2, 0.25) is 0 Å². The fourth-order valence-corrected chi connectivity index (χ4v) is 0. The van der Waals surface area contributed by atoms with Crippen LogP contribution in [0.5, 0.6) is 0 Å². The van der Waals surface area contributed by atoms with Crippen molar-refractivity contribution in [2.45, 2.75) is 0 Å². The second-order valence-corrected chi connectivity index (χ2v) is 1.72. The molecular formula is H4CaO4Si. The second kappa shape index (κ2) is 3.34. The minimum absolute atomic E-state index is 0. The zero-order valence-corrected chi connectivity index (χ0v) is 6.17. The zero-order chi connectivity index (χ0) is 4.50. The first-order valence-electron chi connectivity index (χ1n) is 0.875. The maximum atomic E-state index is 8.91. The summed E-state index contributed by atoms with van der Waals surface area (Å²) in [4.78, 5) is 30.6. The molecule has 0 atom stereocenters. The largest absolute Gasteiger partial charge is 2.00 e. The first-order valence-corrected chi connectivity index (χ1v) is 2.62. The van der Waals surface area contributed by atoms with Gasteiger partial charge in [-0.25, -0.2) is 0 Å². The second-order valence-electron chi connectivity index (χ2n) is 0.574. The SMILES string of the molecule is [Ca+2].[H-].[O-][Si](O)(O)O. The quantitative estimate of drug-likeness (QED) is 0.302. The predicted molar refractivity (Wildman–Crippen MR) is 19.3 cm³/mol. The molecule has 3 N–H and O–H groups in total. The third-order valence-corrected chi connectivity index (χ3v) is 0. The van der Waals surface area contributed by atoms with Crippen LogP contribution in [0.25, 0.3) is 0 Å². The molecule has 34 valence electrons. The molecule has 0 aliphatic rings. The van der Waals surface area contributed by atoms with Crippen LogP contribution in [0.15, 0.2) is 0 Å². The maximum absolute atomic E-state index is 8.91. The van der Waals surface area contributed by atoms with Crippen molar-refractivity contribution in [3.05, 3.63) is 0 Å². The third-order valence-electron chi connectivity index (χ3n) is 0. The molecule has 0 aromatic heterocycles. The van der Waals surface area contributed by atoms with Gasteiger partial charge in [-0.1, -0.05) is 0 Å². The molecule has 0 aliphatic heterocycles. The summed E-state index contributed by atoms with van der Waals surface area (Å²) in [6.07, 6.45) is 0. The van der Waals surface area contributed by atoms with E-state index in [1.807, 2.05) is 0 Å². The van der Waals surface area contributed by atoms with Gasteiger partial charge in [0.25, 0.3) is 0 Å². The van der Waals surface area contributed by atoms with Gasteiger partial charge >= 0.3 is 46.8 Å². The molecule has 4 nitrogen and oxygen atoms in total. The molecule has 0 radical (unpaired) electrons. The van der Waals surface area contributed by atoms with E-state index in [2.05, 4.69) is 0 Å². The molecule has 0 spiro atoms. The van der Waals surface area contributed by atoms with Crippen molar-refractivity contribution >= 4 is 46.8 Å². The van der Waals surface area contributed by atoms with Gasteiger partial charge in [0, 0.05) is 0 Å². The van der Waals surface area contributed by atoms with E-state index in [0.717, 1.165) is 0 Å². The van der Waals surface area contributed by atoms with E-state index in [0.29, 0.717) is 0 Å². The first kappa shape index (κ1) is 10.3. The molecule has 0 saturated carbocycles. The van der Waals surface area contributed by atoms with Crippen LogP contribution in [0.3, 0.4) is 0 Å². The van der Waals surface area contributed by atoms with Crippen molar-refractivity contribution in [3.63, 3.8) is 0 Å². The number of rotatable bonds is 0. The summed E-state index contributed by atoms with van der Waals surface area (Å²) < 4.78 is 0. The monoisotopic (exact) mass is 136 g/mol. The molecule has 6 heavy (non-hydrogen) atoms. The van der Waals surface area contributed by atoms with Gasteiger partial charge in [-0.3, -0.25) is 0 Å². The summed E-state index contributed by atoms with van der Waals surface area (Å²) in [6.45, 7) is 0. The van der Waals surface area contributed by atoms with Crippen LogP contribution in [0.1, 0.15) is 1.43 Å². The Morgan fingerprint density at radius 1 is 1.33 bits per heavy atom. The van der Waals surface area contributed by atoms with E-state index in [1.54, 1.807) is 0 Å². The summed E-state index contributed by atoms with van der Waals surface area (Å²) in [7, 11) is -4.86. The minimum Gasteiger partial charge on any atom is -1.00 e. The number of hydrogen-bond acceptors (Lipinski definition) is 4. The van der Waals surface area contributed by atoms with Crippen molar-refractivity contribution < 1.29 is 20.6 Å². The van der Waals surface area contributed by atoms with E-state index in [9.17, 15) is 0 Å². The normalized spacial score (nSPS) is 10.0. The molecule has 0 saturated heterocycles. The summed E-state index contributed by atoms with van der Waals surface area (Å²) in [5.41, 5.74) is 0. The van der Waals surface area contributed by atoms with Gasteiger partial charge in [0.2, 0.25) is 0 Å². The molecule has 0 heterocycles. The molecule has 0 aromatic carbocycles. The van der Waals surface area contributed by atoms with Crippen LogP contribution in [-0.2, 0) is 0 Å². The summed E-state index contributed by atoms with van der Waals surface area (Å²) in [5, 5.41) is 0. The Morgan fingerprint density at radius 3 is 1.33 bits per heavy atom. The zero-order valence-electron chi connectivity index (χ0n) is 3.96. The minimum atomic E-state index is -4.86. The van der Waals surface area contributed by atoms with E-state index < -0.39 is 9.05 Å². The van der Waals surface area contributed by atoms with Crippen LogP contribution in [-0.4, -0.2) is 61.2 Å². The maximum Gasteiger partial charge on any atom is 2.00 e. The van der Waals surface area contributed by atoms with Crippen LogP contribution < -0.4 is 4.80 Å². The van der Waals surface area contributed by atoms with Crippen molar-refractivity contribution in [1.29, 1.82) is 0 Å². The smallest absolute Gasteiger partial charge is 1.00 e. The van der Waals surface area contributed by atoms with Gasteiger partial charge in [-0.15, -0.1) is 0 Å². The van der Waals surface area contributed by atoms with E-state index in [-0.39, 0.29) is 39.2 Å². The van der Waals surface area contributed by atoms with Gasteiger partial charge in [-0.2, -0.15) is 0 Å². The Hall–Kier alpha value is 1.32. The summed E-state index contributed by atoms with van der Waals surface area (Å²) in [5.74, 6) is 0. The van der Waals surface area contributed by atoms with Gasteiger partial charge in [-0.05, 0) is 0 Å². The van der Waals surface area contributed by atoms with Gasteiger partial charge in [0.05, 0.1) is 0 Å². The molecule has 0 fully saturated rings. The van der Waals surface area contributed by atoms with Crippen LogP contribution in [0, 0.1) is 0 Å². The van der Waals surface area contributed by atoms with Gasteiger partial charge < -0.3 is 20.6 Å². The molecule has 0 bridgehead atoms. The molecular weight excluding hydrogens is 132 g/mol. The Bertz CT molecular complexity index is 27.2. The Labute approximate surface area is 67.0 Å².